The van der Waals surface area contributed by atoms with Crippen LogP contribution in [0, 0.1) is 0 Å². The van der Waals surface area contributed by atoms with Crippen LogP contribution < -0.4 is 5.32 Å². The van der Waals surface area contributed by atoms with Crippen LogP contribution in [0.25, 0.3) is 5.57 Å². The molecule has 0 saturated heterocycles. The highest BCUT2D eigenvalue weighted by atomic mass is 19.4. The van der Waals surface area contributed by atoms with Crippen molar-refractivity contribution < 1.29 is 13.2 Å². The lowest BCUT2D eigenvalue weighted by Gasteiger charge is -2.16. The van der Waals surface area contributed by atoms with Crippen molar-refractivity contribution in [3.63, 3.8) is 0 Å². The van der Waals surface area contributed by atoms with Crippen LogP contribution in [0.5, 0.6) is 0 Å². The Labute approximate surface area is 115 Å². The second-order valence-corrected chi connectivity index (χ2v) is 4.32. The molecule has 1 heterocycles. The van der Waals surface area contributed by atoms with Gasteiger partial charge in [-0.25, -0.2) is 0 Å². The van der Waals surface area contributed by atoms with E-state index in [1.165, 1.54) is 12.1 Å². The topological polar surface area (TPSA) is 12.0 Å². The summed E-state index contributed by atoms with van der Waals surface area (Å²) in [7, 11) is 0. The highest BCUT2D eigenvalue weighted by Crippen LogP contribution is 2.36. The van der Waals surface area contributed by atoms with Crippen LogP contribution in [0.15, 0.2) is 66.9 Å². The predicted octanol–water partition coefficient (Wildman–Crippen LogP) is 4.32. The Balaban J connectivity index is 2.52. The summed E-state index contributed by atoms with van der Waals surface area (Å²) in [4.78, 5) is 0. The number of benzene rings is 1. The fourth-order valence-corrected chi connectivity index (χ4v) is 1.95. The van der Waals surface area contributed by atoms with Gasteiger partial charge in [0, 0.05) is 18.3 Å². The first-order chi connectivity index (χ1) is 9.50. The molecule has 0 spiro atoms. The molecule has 4 heteroatoms. The van der Waals surface area contributed by atoms with E-state index in [0.29, 0.717) is 17.7 Å². The molecule has 0 amide bonds. The van der Waals surface area contributed by atoms with Crippen LogP contribution in [0.3, 0.4) is 0 Å². The maximum Gasteiger partial charge on any atom is 0.417 e. The Kier molecular flexibility index (Phi) is 4.13. The molecule has 0 unspecified atom stereocenters. The molecule has 20 heavy (non-hydrogen) atoms. The zero-order valence-corrected chi connectivity index (χ0v) is 10.7. The molecule has 1 aliphatic heterocycles. The van der Waals surface area contributed by atoms with Gasteiger partial charge in [-0.05, 0) is 17.2 Å². The van der Waals surface area contributed by atoms with Gasteiger partial charge in [0.1, 0.15) is 0 Å². The standard InChI is InChI=1S/C16H14F3N/c1-12-7-3-2-6-10-20-11-14(12)13-8-4-5-9-15(13)16(17,18)19/h2-9,11,20H,1,10H2/b6-2-,7-3-,14-11+. The Morgan fingerprint density at radius 1 is 1.10 bits per heavy atom. The second-order valence-electron chi connectivity index (χ2n) is 4.32. The molecule has 1 nitrogen and oxygen atoms in total. The minimum absolute atomic E-state index is 0.129. The Hall–Kier alpha value is -2.23. The molecule has 1 aliphatic rings. The normalized spacial score (nSPS) is 21.8. The third-order valence-corrected chi connectivity index (χ3v) is 2.90. The average Bonchev–Trinajstić information content (AvgIpc) is 2.50. The summed E-state index contributed by atoms with van der Waals surface area (Å²) in [6.07, 6.45) is 4.34. The second kappa shape index (κ2) is 5.82. The summed E-state index contributed by atoms with van der Waals surface area (Å²) in [6, 6.07) is 5.52. The molecule has 104 valence electrons. The number of nitrogens with one attached hydrogen (secondary N) is 1. The van der Waals surface area contributed by atoms with Gasteiger partial charge < -0.3 is 5.32 Å². The maximum absolute atomic E-state index is 13.1. The number of halogens is 3. The number of hydrogen-bond donors (Lipinski definition) is 1. The largest absolute Gasteiger partial charge is 0.417 e. The molecule has 0 atom stereocenters. The van der Waals surface area contributed by atoms with E-state index in [9.17, 15) is 13.2 Å². The van der Waals surface area contributed by atoms with Crippen LogP contribution in [0.2, 0.25) is 0 Å². The quantitative estimate of drug-likeness (QED) is 0.806. The molecule has 0 bridgehead atoms. The van der Waals surface area contributed by atoms with Gasteiger partial charge in [-0.1, -0.05) is 49.1 Å². The lowest BCUT2D eigenvalue weighted by Crippen LogP contribution is -2.11. The van der Waals surface area contributed by atoms with E-state index in [-0.39, 0.29) is 5.56 Å². The van der Waals surface area contributed by atoms with Crippen LogP contribution in [-0.2, 0) is 6.18 Å². The molecule has 0 saturated carbocycles. The van der Waals surface area contributed by atoms with Crippen LogP contribution in [0.4, 0.5) is 13.2 Å². The fraction of sp³-hybridized carbons (Fsp3) is 0.125. The van der Waals surface area contributed by atoms with E-state index in [1.54, 1.807) is 24.4 Å². The molecule has 1 aromatic rings. The van der Waals surface area contributed by atoms with Gasteiger partial charge in [0.2, 0.25) is 0 Å². The SMILES string of the molecule is C=C1/C=C\C=C/CN/C=C\1c1ccccc1C(F)(F)F. The summed E-state index contributed by atoms with van der Waals surface area (Å²) >= 11 is 0. The van der Waals surface area contributed by atoms with Crippen LogP contribution in [-0.4, -0.2) is 6.54 Å². The predicted molar refractivity (Wildman–Crippen MR) is 74.8 cm³/mol. The number of rotatable bonds is 1. The maximum atomic E-state index is 13.1. The van der Waals surface area contributed by atoms with Crippen molar-refractivity contribution in [2.45, 2.75) is 6.18 Å². The van der Waals surface area contributed by atoms with Gasteiger partial charge in [-0.3, -0.25) is 0 Å². The van der Waals surface area contributed by atoms with E-state index < -0.39 is 11.7 Å². The lowest BCUT2D eigenvalue weighted by molar-refractivity contribution is -0.137. The smallest absolute Gasteiger partial charge is 0.387 e. The molecular formula is C16H14F3N. The van der Waals surface area contributed by atoms with Gasteiger partial charge in [-0.15, -0.1) is 0 Å². The van der Waals surface area contributed by atoms with Gasteiger partial charge in [0.05, 0.1) is 5.56 Å². The van der Waals surface area contributed by atoms with Crippen LogP contribution in [0.1, 0.15) is 11.1 Å². The summed E-state index contributed by atoms with van der Waals surface area (Å²) < 4.78 is 39.3. The summed E-state index contributed by atoms with van der Waals surface area (Å²) in [6.45, 7) is 4.39. The number of alkyl halides is 3. The molecule has 0 radical (unpaired) electrons. The zero-order valence-electron chi connectivity index (χ0n) is 10.7. The first-order valence-electron chi connectivity index (χ1n) is 6.13. The van der Waals surface area contributed by atoms with Gasteiger partial charge >= 0.3 is 6.18 Å². The summed E-state index contributed by atoms with van der Waals surface area (Å²) in [5, 5.41) is 2.97. The number of allylic oxidation sites excluding steroid dienone is 5. The highest BCUT2D eigenvalue weighted by Gasteiger charge is 2.33. The Morgan fingerprint density at radius 3 is 2.60 bits per heavy atom. The van der Waals surface area contributed by atoms with Crippen molar-refractivity contribution in [2.24, 2.45) is 0 Å². The molecule has 2 rings (SSSR count). The van der Waals surface area contributed by atoms with Crippen molar-refractivity contribution in [3.05, 3.63) is 78.0 Å². The molecule has 0 aliphatic carbocycles. The van der Waals surface area contributed by atoms with Crippen molar-refractivity contribution in [1.82, 2.24) is 5.32 Å². The van der Waals surface area contributed by atoms with Crippen molar-refractivity contribution >= 4 is 5.57 Å². The van der Waals surface area contributed by atoms with Crippen molar-refractivity contribution in [3.8, 4) is 0 Å². The van der Waals surface area contributed by atoms with Crippen LogP contribution >= 0.6 is 0 Å². The Morgan fingerprint density at radius 2 is 1.85 bits per heavy atom. The van der Waals surface area contributed by atoms with Gasteiger partial charge in [0.15, 0.2) is 0 Å². The first kappa shape index (κ1) is 14.2. The van der Waals surface area contributed by atoms with E-state index >= 15 is 0 Å². The third kappa shape index (κ3) is 3.20. The monoisotopic (exact) mass is 277 g/mol. The molecule has 1 aromatic carbocycles. The minimum Gasteiger partial charge on any atom is -0.387 e. The van der Waals surface area contributed by atoms with E-state index in [2.05, 4.69) is 11.9 Å². The molecule has 0 aromatic heterocycles. The van der Waals surface area contributed by atoms with Crippen molar-refractivity contribution in [1.29, 1.82) is 0 Å². The third-order valence-electron chi connectivity index (χ3n) is 2.90. The van der Waals surface area contributed by atoms with E-state index in [0.717, 1.165) is 6.07 Å². The lowest BCUT2D eigenvalue weighted by atomic mass is 9.94. The Bertz CT molecular complexity index is 592. The average molecular weight is 277 g/mol. The van der Waals surface area contributed by atoms with E-state index in [1.807, 2.05) is 12.2 Å². The molecule has 1 N–H and O–H groups in total. The first-order valence-corrected chi connectivity index (χ1v) is 6.13. The minimum atomic E-state index is -4.39. The molecular weight excluding hydrogens is 263 g/mol. The highest BCUT2D eigenvalue weighted by molar-refractivity contribution is 5.82. The fourth-order valence-electron chi connectivity index (χ4n) is 1.95. The molecule has 0 fully saturated rings. The van der Waals surface area contributed by atoms with Crippen molar-refractivity contribution in [2.75, 3.05) is 6.54 Å². The van der Waals surface area contributed by atoms with E-state index in [4.69, 9.17) is 0 Å². The summed E-state index contributed by atoms with van der Waals surface area (Å²) in [5.74, 6) is 0. The van der Waals surface area contributed by atoms with Gasteiger partial charge in [-0.2, -0.15) is 13.2 Å². The summed E-state index contributed by atoms with van der Waals surface area (Å²) in [5.41, 5.74) is 0.442. The number of hydrogen-bond acceptors (Lipinski definition) is 1. The zero-order chi connectivity index (χ0) is 14.6. The van der Waals surface area contributed by atoms with Gasteiger partial charge in [0.25, 0.3) is 0 Å².